The van der Waals surface area contributed by atoms with E-state index in [1.165, 1.54) is 17.5 Å². The van der Waals surface area contributed by atoms with Gasteiger partial charge < -0.3 is 9.47 Å². The summed E-state index contributed by atoms with van der Waals surface area (Å²) in [7, 11) is 0. The molecule has 0 saturated carbocycles. The number of ether oxygens (including phenoxy) is 2. The minimum atomic E-state index is 0.362. The lowest BCUT2D eigenvalue weighted by atomic mass is 10.0. The first-order valence-electron chi connectivity index (χ1n) is 5.24. The molecule has 74 valence electrons. The maximum absolute atomic E-state index is 5.43. The minimum Gasteiger partial charge on any atom is -0.373 e. The molecule has 2 aliphatic rings. The largest absolute Gasteiger partial charge is 0.373 e. The fraction of sp³-hybridized carbons (Fsp3) is 0.500. The minimum absolute atomic E-state index is 0.362. The van der Waals surface area contributed by atoms with Crippen molar-refractivity contribution in [2.24, 2.45) is 0 Å². The van der Waals surface area contributed by atoms with E-state index in [1.54, 1.807) is 0 Å². The smallest absolute Gasteiger partial charge is 0.0850 e. The monoisotopic (exact) mass is 190 g/mol. The second-order valence-electron chi connectivity index (χ2n) is 4.05. The van der Waals surface area contributed by atoms with Gasteiger partial charge in [-0.2, -0.15) is 0 Å². The zero-order chi connectivity index (χ0) is 9.38. The molecule has 14 heavy (non-hydrogen) atoms. The number of epoxide rings is 1. The number of rotatable bonds is 3. The molecule has 2 unspecified atom stereocenters. The lowest BCUT2D eigenvalue weighted by molar-refractivity contribution is -0.0527. The molecule has 1 aromatic rings. The number of hydrogen-bond donors (Lipinski definition) is 0. The van der Waals surface area contributed by atoms with Gasteiger partial charge in [0.1, 0.15) is 0 Å². The molecular formula is C12H14O2. The molecule has 2 heterocycles. The molecule has 2 fully saturated rings. The fourth-order valence-corrected chi connectivity index (χ4v) is 1.82. The van der Waals surface area contributed by atoms with Gasteiger partial charge in [-0.25, -0.2) is 0 Å². The molecule has 2 aliphatic heterocycles. The van der Waals surface area contributed by atoms with Gasteiger partial charge >= 0.3 is 0 Å². The van der Waals surface area contributed by atoms with E-state index in [1.807, 2.05) is 0 Å². The molecule has 2 heteroatoms. The first kappa shape index (κ1) is 8.45. The molecule has 2 atom stereocenters. The molecule has 2 nitrogen and oxygen atoms in total. The van der Waals surface area contributed by atoms with E-state index in [9.17, 15) is 0 Å². The Morgan fingerprint density at radius 1 is 1.14 bits per heavy atom. The van der Waals surface area contributed by atoms with E-state index in [0.29, 0.717) is 12.2 Å². The van der Waals surface area contributed by atoms with E-state index < -0.39 is 0 Å². The van der Waals surface area contributed by atoms with Crippen molar-refractivity contribution >= 4 is 0 Å². The second-order valence-corrected chi connectivity index (χ2v) is 4.05. The average Bonchev–Trinajstić information content (AvgIpc) is 2.89. The van der Waals surface area contributed by atoms with Gasteiger partial charge in [0.15, 0.2) is 0 Å². The van der Waals surface area contributed by atoms with Crippen LogP contribution in [0.2, 0.25) is 0 Å². The van der Waals surface area contributed by atoms with Crippen LogP contribution in [0.5, 0.6) is 0 Å². The van der Waals surface area contributed by atoms with Crippen LogP contribution in [0.4, 0.5) is 0 Å². The molecule has 1 aromatic carbocycles. The van der Waals surface area contributed by atoms with Crippen LogP contribution in [0.1, 0.15) is 23.7 Å². The van der Waals surface area contributed by atoms with Crippen molar-refractivity contribution in [2.45, 2.75) is 25.0 Å². The Labute approximate surface area is 83.8 Å². The Morgan fingerprint density at radius 2 is 1.86 bits per heavy atom. The van der Waals surface area contributed by atoms with Crippen LogP contribution < -0.4 is 0 Å². The summed E-state index contributed by atoms with van der Waals surface area (Å²) in [6.07, 6.45) is 3.08. The van der Waals surface area contributed by atoms with Gasteiger partial charge in [-0.3, -0.25) is 0 Å². The van der Waals surface area contributed by atoms with Crippen molar-refractivity contribution < 1.29 is 9.47 Å². The molecular weight excluding hydrogens is 176 g/mol. The van der Waals surface area contributed by atoms with Crippen molar-refractivity contribution in [3.8, 4) is 0 Å². The topological polar surface area (TPSA) is 21.8 Å². The Balaban J connectivity index is 1.69. The molecule has 3 rings (SSSR count). The van der Waals surface area contributed by atoms with Gasteiger partial charge in [-0.1, -0.05) is 24.3 Å². The molecule has 0 radical (unpaired) electrons. The van der Waals surface area contributed by atoms with E-state index in [-0.39, 0.29) is 0 Å². The third-order valence-corrected chi connectivity index (χ3v) is 2.92. The maximum Gasteiger partial charge on any atom is 0.0850 e. The highest BCUT2D eigenvalue weighted by Crippen LogP contribution is 2.29. The van der Waals surface area contributed by atoms with Gasteiger partial charge in [-0.05, 0) is 11.1 Å². The van der Waals surface area contributed by atoms with Crippen molar-refractivity contribution in [3.05, 3.63) is 35.4 Å². The van der Waals surface area contributed by atoms with Gasteiger partial charge in [0.05, 0.1) is 25.4 Å². The molecule has 0 aliphatic carbocycles. The highest BCUT2D eigenvalue weighted by molar-refractivity contribution is 5.25. The zero-order valence-corrected chi connectivity index (χ0v) is 8.11. The summed E-state index contributed by atoms with van der Waals surface area (Å²) in [6, 6.07) is 8.75. The molecule has 0 bridgehead atoms. The predicted molar refractivity (Wildman–Crippen MR) is 53.2 cm³/mol. The lowest BCUT2D eigenvalue weighted by Crippen LogP contribution is -2.18. The first-order chi connectivity index (χ1) is 6.92. The third kappa shape index (κ3) is 1.68. The molecule has 0 amide bonds. The third-order valence-electron chi connectivity index (χ3n) is 2.92. The predicted octanol–water partition coefficient (Wildman–Crippen LogP) is 2.09. The highest BCUT2D eigenvalue weighted by Gasteiger charge is 2.23. The summed E-state index contributed by atoms with van der Waals surface area (Å²) in [6.45, 7) is 1.86. The van der Waals surface area contributed by atoms with E-state index >= 15 is 0 Å². The Hall–Kier alpha value is -0.860. The fourth-order valence-electron chi connectivity index (χ4n) is 1.82. The van der Waals surface area contributed by atoms with Crippen LogP contribution in [0.25, 0.3) is 0 Å². The van der Waals surface area contributed by atoms with E-state index in [0.717, 1.165) is 19.6 Å². The van der Waals surface area contributed by atoms with Crippen molar-refractivity contribution in [3.63, 3.8) is 0 Å². The summed E-state index contributed by atoms with van der Waals surface area (Å²) in [5.74, 6) is 0. The van der Waals surface area contributed by atoms with Gasteiger partial charge in [-0.15, -0.1) is 0 Å². The molecule has 0 aromatic heterocycles. The zero-order valence-electron chi connectivity index (χ0n) is 8.11. The van der Waals surface area contributed by atoms with Crippen LogP contribution in [0.3, 0.4) is 0 Å². The Kier molecular flexibility index (Phi) is 2.03. The number of benzene rings is 1. The van der Waals surface area contributed by atoms with Crippen LogP contribution in [0.15, 0.2) is 24.3 Å². The summed E-state index contributed by atoms with van der Waals surface area (Å²) in [4.78, 5) is 0. The van der Waals surface area contributed by atoms with Crippen LogP contribution >= 0.6 is 0 Å². The SMILES string of the molecule is c1cc(C2CCO2)ccc1CC1CO1. The summed E-state index contributed by atoms with van der Waals surface area (Å²) < 4.78 is 10.6. The second kappa shape index (κ2) is 3.37. The van der Waals surface area contributed by atoms with Crippen molar-refractivity contribution in [1.82, 2.24) is 0 Å². The Morgan fingerprint density at radius 3 is 2.36 bits per heavy atom. The first-order valence-corrected chi connectivity index (χ1v) is 5.24. The highest BCUT2D eigenvalue weighted by atomic mass is 16.6. The van der Waals surface area contributed by atoms with Crippen molar-refractivity contribution in [2.75, 3.05) is 13.2 Å². The Bertz CT molecular complexity index is 310. The number of hydrogen-bond acceptors (Lipinski definition) is 2. The summed E-state index contributed by atoms with van der Waals surface area (Å²) in [5, 5.41) is 0. The van der Waals surface area contributed by atoms with E-state index in [4.69, 9.17) is 9.47 Å². The molecule has 2 saturated heterocycles. The molecule has 0 spiro atoms. The average molecular weight is 190 g/mol. The lowest BCUT2D eigenvalue weighted by Gasteiger charge is -2.26. The van der Waals surface area contributed by atoms with Crippen LogP contribution in [-0.4, -0.2) is 19.3 Å². The van der Waals surface area contributed by atoms with E-state index in [2.05, 4.69) is 24.3 Å². The van der Waals surface area contributed by atoms with Crippen LogP contribution in [0, 0.1) is 0 Å². The summed E-state index contributed by atoms with van der Waals surface area (Å²) in [5.41, 5.74) is 2.69. The van der Waals surface area contributed by atoms with Gasteiger partial charge in [0, 0.05) is 12.8 Å². The normalized spacial score (nSPS) is 29.7. The molecule has 0 N–H and O–H groups in total. The van der Waals surface area contributed by atoms with Gasteiger partial charge in [0.2, 0.25) is 0 Å². The van der Waals surface area contributed by atoms with Gasteiger partial charge in [0.25, 0.3) is 0 Å². The van der Waals surface area contributed by atoms with Crippen LogP contribution in [-0.2, 0) is 15.9 Å². The standard InChI is InChI=1S/C12H14O2/c1-3-10(12-5-6-13-12)4-2-9(1)7-11-8-14-11/h1-4,11-12H,5-8H2. The van der Waals surface area contributed by atoms with Crippen molar-refractivity contribution in [1.29, 1.82) is 0 Å². The maximum atomic E-state index is 5.43. The quantitative estimate of drug-likeness (QED) is 0.681. The summed E-state index contributed by atoms with van der Waals surface area (Å²) >= 11 is 0.